The average Bonchev–Trinajstić information content (AvgIpc) is 2.40. The van der Waals surface area contributed by atoms with E-state index >= 15 is 0 Å². The van der Waals surface area contributed by atoms with Gasteiger partial charge in [-0.15, -0.1) is 6.58 Å². The van der Waals surface area contributed by atoms with Crippen LogP contribution in [0, 0.1) is 0 Å². The normalized spacial score (nSPS) is 12.9. The molecule has 0 amide bonds. The Kier molecular flexibility index (Phi) is 13.2. The van der Waals surface area contributed by atoms with Gasteiger partial charge in [0.2, 0.25) is 0 Å². The molecule has 0 aromatic carbocycles. The van der Waals surface area contributed by atoms with Gasteiger partial charge in [0.1, 0.15) is 0 Å². The fourth-order valence-corrected chi connectivity index (χ4v) is 3.95. The molecule has 0 N–H and O–H groups in total. The van der Waals surface area contributed by atoms with Gasteiger partial charge in [-0.3, -0.25) is 0 Å². The molecule has 3 heteroatoms. The highest BCUT2D eigenvalue weighted by Crippen LogP contribution is 2.22. The quantitative estimate of drug-likeness (QED) is 0.277. The molecule has 108 valence electrons. The summed E-state index contributed by atoms with van der Waals surface area (Å²) in [6.07, 6.45) is 14.1. The summed E-state index contributed by atoms with van der Waals surface area (Å²) >= 11 is 0. The van der Waals surface area contributed by atoms with Gasteiger partial charge in [-0.2, -0.15) is 0 Å². The molecule has 0 radical (unpaired) electrons. The maximum absolute atomic E-state index is 5.42. The molecule has 0 bridgehead atoms. The number of hydrogen-bond donors (Lipinski definition) is 0. The molecule has 0 saturated carbocycles. The molecule has 0 fully saturated rings. The zero-order chi connectivity index (χ0) is 13.6. The fourth-order valence-electron chi connectivity index (χ4n) is 2.32. The minimum atomic E-state index is -1.50. The van der Waals surface area contributed by atoms with E-state index < -0.39 is 9.28 Å². The Bertz CT molecular complexity index is 181. The average molecular weight is 273 g/mol. The van der Waals surface area contributed by atoms with Crippen LogP contribution in [0.4, 0.5) is 0 Å². The third kappa shape index (κ3) is 8.89. The van der Waals surface area contributed by atoms with Crippen molar-refractivity contribution in [3.63, 3.8) is 0 Å². The summed E-state index contributed by atoms with van der Waals surface area (Å²) < 4.78 is 10.8. The first-order chi connectivity index (χ1) is 8.79. The Morgan fingerprint density at radius 1 is 0.944 bits per heavy atom. The van der Waals surface area contributed by atoms with E-state index in [-0.39, 0.29) is 0 Å². The van der Waals surface area contributed by atoms with Crippen LogP contribution in [0.3, 0.4) is 0 Å². The minimum absolute atomic E-state index is 0.458. The van der Waals surface area contributed by atoms with Crippen LogP contribution in [0.15, 0.2) is 12.7 Å². The summed E-state index contributed by atoms with van der Waals surface area (Å²) in [5.74, 6) is 0. The molecule has 0 rings (SSSR count). The summed E-state index contributed by atoms with van der Waals surface area (Å²) in [5.41, 5.74) is 0.458. The molecule has 0 spiro atoms. The van der Waals surface area contributed by atoms with E-state index in [1.807, 2.05) is 6.08 Å². The van der Waals surface area contributed by atoms with Crippen LogP contribution in [0.2, 0.25) is 5.54 Å². The van der Waals surface area contributed by atoms with Crippen LogP contribution < -0.4 is 0 Å². The van der Waals surface area contributed by atoms with E-state index in [9.17, 15) is 0 Å². The van der Waals surface area contributed by atoms with E-state index in [4.69, 9.17) is 8.85 Å². The molecule has 0 aromatic rings. The highest BCUT2D eigenvalue weighted by Gasteiger charge is 2.20. The van der Waals surface area contributed by atoms with Crippen LogP contribution >= 0.6 is 0 Å². The molecular formula is C15H32O2Si. The number of hydrogen-bond acceptors (Lipinski definition) is 2. The van der Waals surface area contributed by atoms with Crippen molar-refractivity contribution in [2.75, 3.05) is 14.2 Å². The molecule has 2 nitrogen and oxygen atoms in total. The predicted molar refractivity (Wildman–Crippen MR) is 82.3 cm³/mol. The van der Waals surface area contributed by atoms with Gasteiger partial charge in [-0.25, -0.2) is 0 Å². The zero-order valence-corrected chi connectivity index (χ0v) is 13.8. The third-order valence-electron chi connectivity index (χ3n) is 3.51. The maximum atomic E-state index is 5.42. The van der Waals surface area contributed by atoms with Crippen molar-refractivity contribution >= 4 is 9.28 Å². The molecular weight excluding hydrogens is 240 g/mol. The molecule has 0 aromatic heterocycles. The number of unbranched alkanes of at least 4 members (excludes halogenated alkanes) is 7. The molecule has 0 aliphatic rings. The van der Waals surface area contributed by atoms with E-state index in [1.165, 1.54) is 57.8 Å². The lowest BCUT2D eigenvalue weighted by molar-refractivity contribution is 0.268. The van der Waals surface area contributed by atoms with Gasteiger partial charge in [0.05, 0.1) is 0 Å². The molecule has 0 saturated heterocycles. The Hall–Kier alpha value is -0.123. The van der Waals surface area contributed by atoms with E-state index in [0.29, 0.717) is 5.54 Å². The van der Waals surface area contributed by atoms with Crippen LogP contribution in [-0.2, 0) is 8.85 Å². The summed E-state index contributed by atoms with van der Waals surface area (Å²) in [4.78, 5) is 0. The first-order valence-corrected chi connectivity index (χ1v) is 9.09. The summed E-state index contributed by atoms with van der Waals surface area (Å²) in [7, 11) is 2.01. The van der Waals surface area contributed by atoms with Crippen molar-refractivity contribution < 1.29 is 8.85 Å². The van der Waals surface area contributed by atoms with Crippen molar-refractivity contribution in [2.45, 2.75) is 70.3 Å². The first kappa shape index (κ1) is 17.9. The van der Waals surface area contributed by atoms with Crippen molar-refractivity contribution in [2.24, 2.45) is 0 Å². The molecule has 0 aliphatic carbocycles. The van der Waals surface area contributed by atoms with Crippen LogP contribution in [-0.4, -0.2) is 23.5 Å². The van der Waals surface area contributed by atoms with Crippen molar-refractivity contribution in [3.8, 4) is 0 Å². The summed E-state index contributed by atoms with van der Waals surface area (Å²) in [5, 5.41) is 0. The predicted octanol–water partition coefficient (Wildman–Crippen LogP) is 4.59. The van der Waals surface area contributed by atoms with Gasteiger partial charge < -0.3 is 8.85 Å². The van der Waals surface area contributed by atoms with Gasteiger partial charge in [0.25, 0.3) is 0 Å². The second kappa shape index (κ2) is 13.3. The SMILES string of the molecule is C=CC(CCCCCCCCCC)[SiH](OC)OC. The van der Waals surface area contributed by atoms with Crippen molar-refractivity contribution in [1.29, 1.82) is 0 Å². The number of allylic oxidation sites excluding steroid dienone is 1. The molecule has 1 unspecified atom stereocenters. The van der Waals surface area contributed by atoms with E-state index in [2.05, 4.69) is 13.5 Å². The second-order valence-electron chi connectivity index (χ2n) is 5.00. The van der Waals surface area contributed by atoms with E-state index in [0.717, 1.165) is 0 Å². The first-order valence-electron chi connectivity index (χ1n) is 7.48. The van der Waals surface area contributed by atoms with Gasteiger partial charge in [-0.05, 0) is 6.42 Å². The maximum Gasteiger partial charge on any atom is 0.327 e. The zero-order valence-electron chi connectivity index (χ0n) is 12.6. The Balaban J connectivity index is 3.48. The number of rotatable bonds is 13. The summed E-state index contributed by atoms with van der Waals surface area (Å²) in [6, 6.07) is 0. The van der Waals surface area contributed by atoms with Crippen LogP contribution in [0.1, 0.15) is 64.7 Å². The Morgan fingerprint density at radius 3 is 1.89 bits per heavy atom. The van der Waals surface area contributed by atoms with Gasteiger partial charge in [-0.1, -0.05) is 64.4 Å². The molecule has 0 heterocycles. The van der Waals surface area contributed by atoms with E-state index in [1.54, 1.807) is 14.2 Å². The molecule has 0 aliphatic heterocycles. The van der Waals surface area contributed by atoms with Gasteiger partial charge in [0, 0.05) is 19.8 Å². The van der Waals surface area contributed by atoms with Gasteiger partial charge >= 0.3 is 9.28 Å². The third-order valence-corrected chi connectivity index (χ3v) is 5.74. The topological polar surface area (TPSA) is 18.5 Å². The fraction of sp³-hybridized carbons (Fsp3) is 0.867. The largest absolute Gasteiger partial charge is 0.400 e. The van der Waals surface area contributed by atoms with Crippen molar-refractivity contribution in [1.82, 2.24) is 0 Å². The lowest BCUT2D eigenvalue weighted by Crippen LogP contribution is -2.25. The second-order valence-corrected chi connectivity index (χ2v) is 7.54. The highest BCUT2D eigenvalue weighted by molar-refractivity contribution is 6.47. The lowest BCUT2D eigenvalue weighted by Gasteiger charge is -2.19. The van der Waals surface area contributed by atoms with Crippen LogP contribution in [0.5, 0.6) is 0 Å². The lowest BCUT2D eigenvalue weighted by atomic mass is 10.1. The molecule has 1 atom stereocenters. The van der Waals surface area contributed by atoms with Crippen molar-refractivity contribution in [3.05, 3.63) is 12.7 Å². The van der Waals surface area contributed by atoms with Gasteiger partial charge in [0.15, 0.2) is 0 Å². The Morgan fingerprint density at radius 2 is 1.44 bits per heavy atom. The monoisotopic (exact) mass is 272 g/mol. The highest BCUT2D eigenvalue weighted by atomic mass is 28.3. The smallest absolute Gasteiger partial charge is 0.327 e. The summed E-state index contributed by atoms with van der Waals surface area (Å²) in [6.45, 7) is 6.17. The molecule has 18 heavy (non-hydrogen) atoms. The van der Waals surface area contributed by atoms with Crippen LogP contribution in [0.25, 0.3) is 0 Å². The Labute approximate surface area is 116 Å². The minimum Gasteiger partial charge on any atom is -0.400 e. The standard InChI is InChI=1S/C15H32O2Si/c1-5-7-8-9-10-11-12-13-14-15(6-2)18(16-3)17-4/h6,15,18H,2,5,7-14H2,1,3-4H3.